The molecule has 2 amide bonds. The first-order valence-electron chi connectivity index (χ1n) is 9.52. The van der Waals surface area contributed by atoms with Crippen LogP contribution in [-0.4, -0.2) is 31.4 Å². The summed E-state index contributed by atoms with van der Waals surface area (Å²) < 4.78 is 11.3. The minimum Gasteiger partial charge on any atom is -0.381 e. The molecule has 1 aromatic rings. The fourth-order valence-corrected chi connectivity index (χ4v) is 3.31. The Morgan fingerprint density at radius 2 is 1.84 bits per heavy atom. The van der Waals surface area contributed by atoms with Crippen molar-refractivity contribution in [1.82, 2.24) is 10.6 Å². The first kappa shape index (κ1) is 18.2. The summed E-state index contributed by atoms with van der Waals surface area (Å²) in [5, 5.41) is 5.98. The Morgan fingerprint density at radius 1 is 1.16 bits per heavy atom. The summed E-state index contributed by atoms with van der Waals surface area (Å²) in [6.45, 7) is 4.88. The van der Waals surface area contributed by atoms with Crippen LogP contribution in [0.2, 0.25) is 0 Å². The van der Waals surface area contributed by atoms with E-state index in [2.05, 4.69) is 41.8 Å². The van der Waals surface area contributed by atoms with E-state index in [4.69, 9.17) is 9.47 Å². The van der Waals surface area contributed by atoms with Crippen molar-refractivity contribution in [2.45, 2.75) is 64.3 Å². The third-order valence-electron chi connectivity index (χ3n) is 5.35. The number of benzene rings is 1. The highest BCUT2D eigenvalue weighted by Gasteiger charge is 2.24. The Hall–Kier alpha value is -1.59. The van der Waals surface area contributed by atoms with Crippen LogP contribution in [0.15, 0.2) is 24.3 Å². The zero-order valence-corrected chi connectivity index (χ0v) is 15.1. The third kappa shape index (κ3) is 5.72. The van der Waals surface area contributed by atoms with Crippen LogP contribution in [0.25, 0.3) is 0 Å². The molecule has 2 N–H and O–H groups in total. The molecule has 138 valence electrons. The molecule has 0 aromatic heterocycles. The average molecular weight is 346 g/mol. The zero-order valence-electron chi connectivity index (χ0n) is 15.1. The van der Waals surface area contributed by atoms with Crippen LogP contribution in [0.4, 0.5) is 4.79 Å². The fraction of sp³-hybridized carbons (Fsp3) is 0.650. The Bertz CT molecular complexity index is 536. The minimum absolute atomic E-state index is 0.0775. The van der Waals surface area contributed by atoms with Gasteiger partial charge in [0, 0.05) is 25.8 Å². The lowest BCUT2D eigenvalue weighted by Gasteiger charge is -2.31. The second-order valence-corrected chi connectivity index (χ2v) is 7.25. The summed E-state index contributed by atoms with van der Waals surface area (Å²) >= 11 is 0. The van der Waals surface area contributed by atoms with Crippen molar-refractivity contribution in [3.8, 4) is 0 Å². The Morgan fingerprint density at radius 3 is 2.48 bits per heavy atom. The first-order chi connectivity index (χ1) is 12.2. The van der Waals surface area contributed by atoms with Crippen molar-refractivity contribution in [2.75, 3.05) is 13.2 Å². The molecule has 3 rings (SSSR count). The van der Waals surface area contributed by atoms with Crippen molar-refractivity contribution >= 4 is 6.03 Å². The van der Waals surface area contributed by atoms with E-state index < -0.39 is 0 Å². The van der Waals surface area contributed by atoms with E-state index in [1.165, 1.54) is 24.8 Å². The van der Waals surface area contributed by atoms with Crippen LogP contribution in [0.3, 0.4) is 0 Å². The molecular formula is C20H30N2O3. The Kier molecular flexibility index (Phi) is 6.70. The van der Waals surface area contributed by atoms with Gasteiger partial charge < -0.3 is 20.1 Å². The van der Waals surface area contributed by atoms with Crippen LogP contribution >= 0.6 is 0 Å². The van der Waals surface area contributed by atoms with Crippen molar-refractivity contribution in [1.29, 1.82) is 0 Å². The van der Waals surface area contributed by atoms with Gasteiger partial charge >= 0.3 is 6.03 Å². The predicted molar refractivity (Wildman–Crippen MR) is 97.2 cm³/mol. The Labute approximate surface area is 150 Å². The SMILES string of the molecule is CC(NC(=O)NCc1ccc(COC2CCOCC2)cc1)C1CCC1. The molecule has 1 saturated carbocycles. The number of nitrogens with one attached hydrogen (secondary N) is 2. The van der Waals surface area contributed by atoms with Gasteiger partial charge in [0.05, 0.1) is 12.7 Å². The smallest absolute Gasteiger partial charge is 0.315 e. The molecule has 1 unspecified atom stereocenters. The lowest BCUT2D eigenvalue weighted by Crippen LogP contribution is -2.45. The maximum atomic E-state index is 12.0. The van der Waals surface area contributed by atoms with Gasteiger partial charge in [-0.3, -0.25) is 0 Å². The second kappa shape index (κ2) is 9.20. The summed E-state index contributed by atoms with van der Waals surface area (Å²) in [6.07, 6.45) is 6.05. The summed E-state index contributed by atoms with van der Waals surface area (Å²) in [5.41, 5.74) is 2.26. The third-order valence-corrected chi connectivity index (χ3v) is 5.35. The average Bonchev–Trinajstić information content (AvgIpc) is 2.58. The molecule has 0 bridgehead atoms. The van der Waals surface area contributed by atoms with Gasteiger partial charge in [-0.1, -0.05) is 30.7 Å². The van der Waals surface area contributed by atoms with E-state index in [0.29, 0.717) is 25.2 Å². The largest absolute Gasteiger partial charge is 0.381 e. The molecule has 1 aliphatic heterocycles. The molecular weight excluding hydrogens is 316 g/mol. The van der Waals surface area contributed by atoms with Gasteiger partial charge in [-0.2, -0.15) is 0 Å². The number of hydrogen-bond donors (Lipinski definition) is 2. The molecule has 1 aliphatic carbocycles. The Balaban J connectivity index is 1.36. The molecule has 1 saturated heterocycles. The molecule has 5 heteroatoms. The summed E-state index contributed by atoms with van der Waals surface area (Å²) in [5.74, 6) is 0.653. The van der Waals surface area contributed by atoms with Crippen molar-refractivity contribution in [3.05, 3.63) is 35.4 Å². The van der Waals surface area contributed by atoms with Gasteiger partial charge in [0.15, 0.2) is 0 Å². The number of amides is 2. The number of ether oxygens (including phenoxy) is 2. The molecule has 25 heavy (non-hydrogen) atoms. The van der Waals surface area contributed by atoms with Gasteiger partial charge in [-0.25, -0.2) is 4.79 Å². The van der Waals surface area contributed by atoms with Crippen molar-refractivity contribution < 1.29 is 14.3 Å². The summed E-state index contributed by atoms with van der Waals surface area (Å²) in [7, 11) is 0. The highest BCUT2D eigenvalue weighted by molar-refractivity contribution is 5.74. The highest BCUT2D eigenvalue weighted by Crippen LogP contribution is 2.29. The minimum atomic E-state index is -0.0775. The number of urea groups is 1. The van der Waals surface area contributed by atoms with Gasteiger partial charge in [0.25, 0.3) is 0 Å². The maximum Gasteiger partial charge on any atom is 0.315 e. The fourth-order valence-electron chi connectivity index (χ4n) is 3.31. The van der Waals surface area contributed by atoms with Gasteiger partial charge in [-0.05, 0) is 49.7 Å². The molecule has 5 nitrogen and oxygen atoms in total. The van der Waals surface area contributed by atoms with Gasteiger partial charge in [0.1, 0.15) is 0 Å². The molecule has 1 heterocycles. The number of carbonyl (C=O) groups is 1. The predicted octanol–water partition coefficient (Wildman–Crippen LogP) is 3.37. The van der Waals surface area contributed by atoms with Gasteiger partial charge in [-0.15, -0.1) is 0 Å². The second-order valence-electron chi connectivity index (χ2n) is 7.25. The van der Waals surface area contributed by atoms with Crippen molar-refractivity contribution in [2.24, 2.45) is 5.92 Å². The van der Waals surface area contributed by atoms with E-state index in [1.54, 1.807) is 0 Å². The first-order valence-corrected chi connectivity index (χ1v) is 9.52. The van der Waals surface area contributed by atoms with E-state index in [0.717, 1.165) is 31.6 Å². The molecule has 2 fully saturated rings. The summed E-state index contributed by atoms with van der Waals surface area (Å²) in [6, 6.07) is 8.44. The van der Waals surface area contributed by atoms with Gasteiger partial charge in [0.2, 0.25) is 0 Å². The van der Waals surface area contributed by atoms with Crippen LogP contribution in [0.5, 0.6) is 0 Å². The lowest BCUT2D eigenvalue weighted by molar-refractivity contribution is -0.0390. The van der Waals surface area contributed by atoms with E-state index in [9.17, 15) is 4.79 Å². The molecule has 1 aromatic carbocycles. The van der Waals surface area contributed by atoms with E-state index >= 15 is 0 Å². The van der Waals surface area contributed by atoms with E-state index in [1.807, 2.05) is 0 Å². The van der Waals surface area contributed by atoms with Crippen LogP contribution in [0.1, 0.15) is 50.2 Å². The van der Waals surface area contributed by atoms with Crippen molar-refractivity contribution in [3.63, 3.8) is 0 Å². The van der Waals surface area contributed by atoms with Crippen LogP contribution in [0, 0.1) is 5.92 Å². The van der Waals surface area contributed by atoms with Crippen LogP contribution < -0.4 is 10.6 Å². The lowest BCUT2D eigenvalue weighted by atomic mass is 9.80. The molecule has 0 radical (unpaired) electrons. The molecule has 1 atom stereocenters. The highest BCUT2D eigenvalue weighted by atomic mass is 16.5. The van der Waals surface area contributed by atoms with E-state index in [-0.39, 0.29) is 12.1 Å². The number of carbonyl (C=O) groups excluding carboxylic acids is 1. The van der Waals surface area contributed by atoms with Crippen LogP contribution in [-0.2, 0) is 22.6 Å². The molecule has 0 spiro atoms. The molecule has 2 aliphatic rings. The number of rotatable bonds is 7. The monoisotopic (exact) mass is 346 g/mol. The topological polar surface area (TPSA) is 59.6 Å². The quantitative estimate of drug-likeness (QED) is 0.796. The maximum absolute atomic E-state index is 12.0. The number of hydrogen-bond acceptors (Lipinski definition) is 3. The standard InChI is InChI=1S/C20H30N2O3/c1-15(18-3-2-4-18)22-20(23)21-13-16-5-7-17(8-6-16)14-25-19-9-11-24-12-10-19/h5-8,15,18-19H,2-4,9-14H2,1H3,(H2,21,22,23). The zero-order chi connectivity index (χ0) is 17.5. The normalized spacial score (nSPS) is 19.9. The summed E-state index contributed by atoms with van der Waals surface area (Å²) in [4.78, 5) is 12.0.